The molecule has 0 aromatic rings. The maximum Gasteiger partial charge on any atom is 0.217 e. The first-order valence-corrected chi connectivity index (χ1v) is 6.84. The Bertz CT molecular complexity index is 275. The van der Waals surface area contributed by atoms with Gasteiger partial charge in [-0.25, -0.2) is 0 Å². The maximum atomic E-state index is 11.2. The lowest BCUT2D eigenvalue weighted by Crippen LogP contribution is -2.55. The van der Waals surface area contributed by atoms with E-state index in [2.05, 4.69) is 12.2 Å². The van der Waals surface area contributed by atoms with Crippen molar-refractivity contribution in [3.05, 3.63) is 0 Å². The molecule has 1 atom stereocenters. The first kappa shape index (κ1) is 10.6. The van der Waals surface area contributed by atoms with Gasteiger partial charge in [0.15, 0.2) is 0 Å². The molecule has 4 aliphatic rings. The van der Waals surface area contributed by atoms with Crippen molar-refractivity contribution >= 4 is 5.91 Å². The van der Waals surface area contributed by atoms with Gasteiger partial charge in [-0.2, -0.15) is 0 Å². The van der Waals surface area contributed by atoms with Crippen LogP contribution < -0.4 is 5.32 Å². The monoisotopic (exact) mass is 221 g/mol. The predicted molar refractivity (Wildman–Crippen MR) is 63.9 cm³/mol. The Morgan fingerprint density at radius 2 is 1.56 bits per heavy atom. The normalized spacial score (nSPS) is 46.8. The van der Waals surface area contributed by atoms with Crippen molar-refractivity contribution in [3.8, 4) is 0 Å². The van der Waals surface area contributed by atoms with E-state index in [0.29, 0.717) is 11.5 Å². The number of carbonyl (C=O) groups is 1. The number of carbonyl (C=O) groups excluding carboxylic acids is 1. The lowest BCUT2D eigenvalue weighted by atomic mass is 9.48. The molecule has 0 aromatic heterocycles. The van der Waals surface area contributed by atoms with Crippen LogP contribution in [0, 0.1) is 23.2 Å². The van der Waals surface area contributed by atoms with E-state index >= 15 is 0 Å². The van der Waals surface area contributed by atoms with Gasteiger partial charge in [-0.05, 0) is 68.6 Å². The van der Waals surface area contributed by atoms with Crippen molar-refractivity contribution in [2.75, 3.05) is 0 Å². The van der Waals surface area contributed by atoms with Gasteiger partial charge < -0.3 is 5.32 Å². The summed E-state index contributed by atoms with van der Waals surface area (Å²) in [6, 6.07) is 0.387. The number of nitrogens with one attached hydrogen (secondary N) is 1. The number of rotatable bonds is 2. The van der Waals surface area contributed by atoms with Crippen molar-refractivity contribution in [2.45, 2.75) is 58.4 Å². The molecule has 4 saturated carbocycles. The second-order valence-electron chi connectivity index (χ2n) is 6.70. The van der Waals surface area contributed by atoms with Crippen molar-refractivity contribution in [2.24, 2.45) is 23.2 Å². The zero-order chi connectivity index (χ0) is 11.3. The van der Waals surface area contributed by atoms with Gasteiger partial charge >= 0.3 is 0 Å². The first-order chi connectivity index (χ1) is 7.57. The Balaban J connectivity index is 1.80. The summed E-state index contributed by atoms with van der Waals surface area (Å²) in [5.41, 5.74) is 0.459. The molecular weight excluding hydrogens is 198 g/mol. The zero-order valence-electron chi connectivity index (χ0n) is 10.5. The minimum absolute atomic E-state index is 0.142. The summed E-state index contributed by atoms with van der Waals surface area (Å²) in [6.45, 7) is 3.88. The Morgan fingerprint density at radius 3 is 1.94 bits per heavy atom. The highest BCUT2D eigenvalue weighted by atomic mass is 16.1. The fraction of sp³-hybridized carbons (Fsp3) is 0.929. The predicted octanol–water partition coefficient (Wildman–Crippen LogP) is 2.73. The average molecular weight is 221 g/mol. The van der Waals surface area contributed by atoms with E-state index in [1.807, 2.05) is 0 Å². The van der Waals surface area contributed by atoms with Crippen molar-refractivity contribution in [3.63, 3.8) is 0 Å². The SMILES string of the molecule is CC(=O)N[C@@H](C)C12CC3CC(CC(C3)C1)C2. The second-order valence-corrected chi connectivity index (χ2v) is 6.70. The van der Waals surface area contributed by atoms with E-state index in [0.717, 1.165) is 17.8 Å². The number of amides is 1. The average Bonchev–Trinajstić information content (AvgIpc) is 2.13. The second kappa shape index (κ2) is 3.48. The zero-order valence-corrected chi connectivity index (χ0v) is 10.5. The van der Waals surface area contributed by atoms with Gasteiger partial charge in [-0.1, -0.05) is 0 Å². The van der Waals surface area contributed by atoms with E-state index in [4.69, 9.17) is 0 Å². The van der Waals surface area contributed by atoms with Crippen LogP contribution in [0.15, 0.2) is 0 Å². The minimum Gasteiger partial charge on any atom is -0.353 e. The Morgan fingerprint density at radius 1 is 1.12 bits per heavy atom. The van der Waals surface area contributed by atoms with Crippen LogP contribution in [0.4, 0.5) is 0 Å². The fourth-order valence-electron chi connectivity index (χ4n) is 5.17. The van der Waals surface area contributed by atoms with E-state index in [9.17, 15) is 4.79 Å². The van der Waals surface area contributed by atoms with Gasteiger partial charge in [0.05, 0.1) is 0 Å². The van der Waals surface area contributed by atoms with E-state index in [1.54, 1.807) is 6.92 Å². The third-order valence-electron chi connectivity index (χ3n) is 5.42. The molecule has 16 heavy (non-hydrogen) atoms. The topological polar surface area (TPSA) is 29.1 Å². The molecule has 4 rings (SSSR count). The molecule has 4 aliphatic carbocycles. The summed E-state index contributed by atoms with van der Waals surface area (Å²) in [5.74, 6) is 3.07. The summed E-state index contributed by atoms with van der Waals surface area (Å²) in [7, 11) is 0. The Hall–Kier alpha value is -0.530. The van der Waals surface area contributed by atoms with Crippen molar-refractivity contribution in [1.82, 2.24) is 5.32 Å². The lowest BCUT2D eigenvalue weighted by molar-refractivity contribution is -0.123. The summed E-state index contributed by atoms with van der Waals surface area (Å²) < 4.78 is 0. The van der Waals surface area contributed by atoms with Crippen LogP contribution in [0.25, 0.3) is 0 Å². The Labute approximate surface area is 98.2 Å². The summed E-state index contributed by atoms with van der Waals surface area (Å²) in [5, 5.41) is 3.16. The minimum atomic E-state index is 0.142. The Kier molecular flexibility index (Phi) is 2.31. The molecule has 0 unspecified atom stereocenters. The van der Waals surface area contributed by atoms with Gasteiger partial charge in [-0.3, -0.25) is 4.79 Å². The van der Waals surface area contributed by atoms with Gasteiger partial charge in [0.1, 0.15) is 0 Å². The molecule has 0 radical (unpaired) electrons. The van der Waals surface area contributed by atoms with Crippen LogP contribution in [0.5, 0.6) is 0 Å². The highest BCUT2D eigenvalue weighted by Gasteiger charge is 2.53. The van der Waals surface area contributed by atoms with E-state index < -0.39 is 0 Å². The summed E-state index contributed by atoms with van der Waals surface area (Å²) in [6.07, 6.45) is 8.56. The van der Waals surface area contributed by atoms with Crippen LogP contribution in [-0.4, -0.2) is 11.9 Å². The molecular formula is C14H23NO. The molecule has 0 saturated heterocycles. The van der Waals surface area contributed by atoms with E-state index in [1.165, 1.54) is 38.5 Å². The first-order valence-electron chi connectivity index (χ1n) is 6.84. The molecule has 0 heterocycles. The maximum absolute atomic E-state index is 11.2. The van der Waals surface area contributed by atoms with Crippen LogP contribution >= 0.6 is 0 Å². The van der Waals surface area contributed by atoms with Gasteiger partial charge in [0.25, 0.3) is 0 Å². The van der Waals surface area contributed by atoms with Crippen LogP contribution in [0.1, 0.15) is 52.4 Å². The highest BCUT2D eigenvalue weighted by molar-refractivity contribution is 5.73. The smallest absolute Gasteiger partial charge is 0.217 e. The van der Waals surface area contributed by atoms with Crippen molar-refractivity contribution in [1.29, 1.82) is 0 Å². The van der Waals surface area contributed by atoms with Gasteiger partial charge in [0, 0.05) is 13.0 Å². The molecule has 1 amide bonds. The summed E-state index contributed by atoms with van der Waals surface area (Å²) in [4.78, 5) is 11.2. The van der Waals surface area contributed by atoms with E-state index in [-0.39, 0.29) is 5.91 Å². The third-order valence-corrected chi connectivity index (χ3v) is 5.42. The molecule has 4 fully saturated rings. The highest BCUT2D eigenvalue weighted by Crippen LogP contribution is 2.61. The quantitative estimate of drug-likeness (QED) is 0.763. The molecule has 0 aliphatic heterocycles. The van der Waals surface area contributed by atoms with Crippen LogP contribution in [0.2, 0.25) is 0 Å². The standard InChI is InChI=1S/C14H23NO/c1-9(15-10(2)16)14-6-11-3-12(7-14)5-13(4-11)8-14/h9,11-13H,3-8H2,1-2H3,(H,15,16)/t9-,11?,12?,13?,14?/m0/s1. The molecule has 1 N–H and O–H groups in total. The molecule has 0 spiro atoms. The van der Waals surface area contributed by atoms with Crippen LogP contribution in [-0.2, 0) is 4.79 Å². The molecule has 0 aromatic carbocycles. The molecule has 2 heteroatoms. The molecule has 90 valence electrons. The molecule has 2 nitrogen and oxygen atoms in total. The number of hydrogen-bond acceptors (Lipinski definition) is 1. The van der Waals surface area contributed by atoms with Gasteiger partial charge in [0.2, 0.25) is 5.91 Å². The fourth-order valence-corrected chi connectivity index (χ4v) is 5.17. The third kappa shape index (κ3) is 1.57. The van der Waals surface area contributed by atoms with Gasteiger partial charge in [-0.15, -0.1) is 0 Å². The van der Waals surface area contributed by atoms with Crippen LogP contribution in [0.3, 0.4) is 0 Å². The molecule has 4 bridgehead atoms. The largest absolute Gasteiger partial charge is 0.353 e. The lowest BCUT2D eigenvalue weighted by Gasteiger charge is -2.59. The summed E-state index contributed by atoms with van der Waals surface area (Å²) >= 11 is 0. The number of hydrogen-bond donors (Lipinski definition) is 1. The van der Waals surface area contributed by atoms with Crippen molar-refractivity contribution < 1.29 is 4.79 Å².